The Morgan fingerprint density at radius 2 is 1.71 bits per heavy atom. The summed E-state index contributed by atoms with van der Waals surface area (Å²) in [6.45, 7) is 2.38. The molecule has 1 N–H and O–H groups in total. The van der Waals surface area contributed by atoms with Gasteiger partial charge in [-0.15, -0.1) is 0 Å². The first-order valence-electron chi connectivity index (χ1n) is 13.5. The fourth-order valence-corrected chi connectivity index (χ4v) is 6.33. The predicted molar refractivity (Wildman–Crippen MR) is 136 cm³/mol. The van der Waals surface area contributed by atoms with Crippen molar-refractivity contribution < 1.29 is 19.0 Å². The first kappa shape index (κ1) is 24.3. The van der Waals surface area contributed by atoms with Gasteiger partial charge >= 0.3 is 5.97 Å². The number of halogens is 1. The summed E-state index contributed by atoms with van der Waals surface area (Å²) in [5.74, 6) is 0.479. The van der Waals surface area contributed by atoms with E-state index in [1.165, 1.54) is 32.1 Å². The van der Waals surface area contributed by atoms with Crippen molar-refractivity contribution in [2.24, 2.45) is 11.3 Å². The number of nitrogens with zero attached hydrogens (tertiary/aromatic N) is 1. The van der Waals surface area contributed by atoms with Crippen LogP contribution in [0.15, 0.2) is 42.5 Å². The van der Waals surface area contributed by atoms with Crippen LogP contribution in [0.1, 0.15) is 76.2 Å². The second-order valence-electron chi connectivity index (χ2n) is 11.1. The summed E-state index contributed by atoms with van der Waals surface area (Å²) in [5, 5.41) is 8.90. The van der Waals surface area contributed by atoms with E-state index in [0.29, 0.717) is 29.5 Å². The van der Waals surface area contributed by atoms with Gasteiger partial charge in [-0.25, -0.2) is 4.39 Å². The number of carboxylic acids is 1. The van der Waals surface area contributed by atoms with Crippen molar-refractivity contribution in [2.75, 3.05) is 13.1 Å². The highest BCUT2D eigenvalue weighted by molar-refractivity contribution is 5.66. The molecule has 0 aromatic heterocycles. The Balaban J connectivity index is 1.16. The highest BCUT2D eigenvalue weighted by atomic mass is 19.1. The minimum absolute atomic E-state index is 0.146. The van der Waals surface area contributed by atoms with E-state index in [-0.39, 0.29) is 12.2 Å². The quantitative estimate of drug-likeness (QED) is 0.440. The predicted octanol–water partition coefficient (Wildman–Crippen LogP) is 7.06. The Bertz CT molecular complexity index is 999. The molecule has 35 heavy (non-hydrogen) atoms. The summed E-state index contributed by atoms with van der Waals surface area (Å²) in [5.41, 5.74) is 2.87. The molecular formula is C30H38FNO3. The monoisotopic (exact) mass is 479 g/mol. The van der Waals surface area contributed by atoms with Crippen molar-refractivity contribution in [3.05, 3.63) is 53.8 Å². The zero-order valence-corrected chi connectivity index (χ0v) is 20.7. The molecule has 4 nitrogen and oxygen atoms in total. The van der Waals surface area contributed by atoms with Gasteiger partial charge in [-0.2, -0.15) is 0 Å². The average Bonchev–Trinajstić information content (AvgIpc) is 2.85. The Morgan fingerprint density at radius 3 is 2.34 bits per heavy atom. The standard InChI is InChI=1S/C30H38FNO3/c31-29-24(21-32-19-13-22(14-20-32)5-10-28(33)34)3-1-4-27(29)23-6-8-25(9-7-23)35-26-11-17-30(18-12-26)15-2-16-30/h1,3-4,6-9,22,26H,2,5,10-21H2,(H,33,34). The normalized spacial score (nSPS) is 21.1. The van der Waals surface area contributed by atoms with E-state index in [9.17, 15) is 4.79 Å². The number of hydrogen-bond acceptors (Lipinski definition) is 3. The van der Waals surface area contributed by atoms with E-state index in [2.05, 4.69) is 4.90 Å². The van der Waals surface area contributed by atoms with Gasteiger partial charge in [0.15, 0.2) is 0 Å². The molecule has 1 heterocycles. The zero-order chi connectivity index (χ0) is 24.3. The van der Waals surface area contributed by atoms with Crippen LogP contribution in [-0.4, -0.2) is 35.2 Å². The van der Waals surface area contributed by atoms with E-state index >= 15 is 4.39 Å². The smallest absolute Gasteiger partial charge is 0.303 e. The number of piperidine rings is 1. The maximum atomic E-state index is 15.5. The van der Waals surface area contributed by atoms with Gasteiger partial charge in [0.2, 0.25) is 0 Å². The number of carbonyl (C=O) groups is 1. The fourth-order valence-electron chi connectivity index (χ4n) is 6.33. The summed E-state index contributed by atoms with van der Waals surface area (Å²) in [6.07, 6.45) is 12.4. The van der Waals surface area contributed by atoms with Crippen molar-refractivity contribution in [2.45, 2.75) is 83.3 Å². The van der Waals surface area contributed by atoms with Crippen LogP contribution in [0.4, 0.5) is 4.39 Å². The minimum Gasteiger partial charge on any atom is -0.490 e. The van der Waals surface area contributed by atoms with Crippen molar-refractivity contribution in [3.63, 3.8) is 0 Å². The molecule has 1 saturated heterocycles. The average molecular weight is 480 g/mol. The van der Waals surface area contributed by atoms with Crippen molar-refractivity contribution in [3.8, 4) is 16.9 Å². The number of aliphatic carboxylic acids is 1. The minimum atomic E-state index is -0.721. The summed E-state index contributed by atoms with van der Waals surface area (Å²) in [7, 11) is 0. The molecule has 3 aliphatic rings. The van der Waals surface area contributed by atoms with Gasteiger partial charge in [0.1, 0.15) is 11.6 Å². The van der Waals surface area contributed by atoms with Crippen molar-refractivity contribution in [1.29, 1.82) is 0 Å². The molecular weight excluding hydrogens is 441 g/mol. The molecule has 1 spiro atoms. The van der Waals surface area contributed by atoms with Crippen LogP contribution >= 0.6 is 0 Å². The van der Waals surface area contributed by atoms with Crippen molar-refractivity contribution >= 4 is 5.97 Å². The molecule has 0 unspecified atom stereocenters. The third-order valence-corrected chi connectivity index (χ3v) is 8.82. The lowest BCUT2D eigenvalue weighted by Gasteiger charge is -2.46. The zero-order valence-electron chi connectivity index (χ0n) is 20.7. The highest BCUT2D eigenvalue weighted by Crippen LogP contribution is 2.51. The highest BCUT2D eigenvalue weighted by Gasteiger charge is 2.40. The molecule has 2 aromatic rings. The molecule has 2 aliphatic carbocycles. The van der Waals surface area contributed by atoms with E-state index in [1.807, 2.05) is 42.5 Å². The van der Waals surface area contributed by atoms with Crippen LogP contribution in [-0.2, 0) is 11.3 Å². The van der Waals surface area contributed by atoms with Gasteiger partial charge in [0.25, 0.3) is 0 Å². The lowest BCUT2D eigenvalue weighted by molar-refractivity contribution is -0.137. The number of carboxylic acid groups (broad SMARTS) is 1. The number of likely N-dealkylation sites (tertiary alicyclic amines) is 1. The maximum absolute atomic E-state index is 15.5. The molecule has 1 aliphatic heterocycles. The van der Waals surface area contributed by atoms with E-state index < -0.39 is 5.97 Å². The number of benzene rings is 2. The molecule has 0 amide bonds. The third kappa shape index (κ3) is 5.88. The lowest BCUT2D eigenvalue weighted by atomic mass is 9.60. The molecule has 5 heteroatoms. The molecule has 3 fully saturated rings. The first-order chi connectivity index (χ1) is 17.0. The van der Waals surface area contributed by atoms with Gasteiger partial charge < -0.3 is 9.84 Å². The Labute approximate surface area is 208 Å². The second-order valence-corrected chi connectivity index (χ2v) is 11.1. The summed E-state index contributed by atoms with van der Waals surface area (Å²) >= 11 is 0. The van der Waals surface area contributed by atoms with Crippen LogP contribution in [0, 0.1) is 17.2 Å². The number of rotatable bonds is 8. The number of hydrogen-bond donors (Lipinski definition) is 1. The largest absolute Gasteiger partial charge is 0.490 e. The number of ether oxygens (including phenoxy) is 1. The SMILES string of the molecule is O=C(O)CCC1CCN(Cc2cccc(-c3ccc(OC4CCC5(CCC5)CC4)cc3)c2F)CC1. The molecule has 0 radical (unpaired) electrons. The summed E-state index contributed by atoms with van der Waals surface area (Å²) in [6, 6.07) is 13.6. The van der Waals surface area contributed by atoms with Crippen LogP contribution in [0.25, 0.3) is 11.1 Å². The Kier molecular flexibility index (Phi) is 7.43. The summed E-state index contributed by atoms with van der Waals surface area (Å²) in [4.78, 5) is 13.1. The molecule has 0 atom stereocenters. The molecule has 2 aromatic carbocycles. The van der Waals surface area contributed by atoms with Gasteiger partial charge in [0, 0.05) is 24.1 Å². The molecule has 5 rings (SSSR count). The molecule has 2 saturated carbocycles. The van der Waals surface area contributed by atoms with Gasteiger partial charge in [0.05, 0.1) is 6.10 Å². The van der Waals surface area contributed by atoms with Crippen LogP contribution in [0.2, 0.25) is 0 Å². The fraction of sp³-hybridized carbons (Fsp3) is 0.567. The van der Waals surface area contributed by atoms with Crippen LogP contribution in [0.3, 0.4) is 0 Å². The lowest BCUT2D eigenvalue weighted by Crippen LogP contribution is -2.37. The van der Waals surface area contributed by atoms with Crippen LogP contribution < -0.4 is 4.74 Å². The van der Waals surface area contributed by atoms with Gasteiger partial charge in [-0.05, 0) is 99.9 Å². The van der Waals surface area contributed by atoms with Crippen LogP contribution in [0.5, 0.6) is 5.75 Å². The third-order valence-electron chi connectivity index (χ3n) is 8.82. The van der Waals surface area contributed by atoms with E-state index in [0.717, 1.165) is 62.1 Å². The van der Waals surface area contributed by atoms with Crippen molar-refractivity contribution in [1.82, 2.24) is 4.90 Å². The second kappa shape index (κ2) is 10.7. The Hall–Kier alpha value is -2.40. The topological polar surface area (TPSA) is 49.8 Å². The van der Waals surface area contributed by atoms with E-state index in [4.69, 9.17) is 9.84 Å². The maximum Gasteiger partial charge on any atom is 0.303 e. The van der Waals surface area contributed by atoms with Gasteiger partial charge in [-0.3, -0.25) is 9.69 Å². The van der Waals surface area contributed by atoms with E-state index in [1.54, 1.807) is 0 Å². The summed E-state index contributed by atoms with van der Waals surface area (Å²) < 4.78 is 21.7. The van der Waals surface area contributed by atoms with Gasteiger partial charge in [-0.1, -0.05) is 36.8 Å². The molecule has 0 bridgehead atoms. The molecule has 188 valence electrons. The Morgan fingerprint density at radius 1 is 1.00 bits per heavy atom. The first-order valence-corrected chi connectivity index (χ1v) is 13.5.